The van der Waals surface area contributed by atoms with Crippen LogP contribution < -0.4 is 28.4 Å². The zero-order valence-corrected chi connectivity index (χ0v) is 27.9. The highest BCUT2D eigenvalue weighted by Gasteiger charge is 2.60. The lowest BCUT2D eigenvalue weighted by atomic mass is 9.74. The van der Waals surface area contributed by atoms with Crippen molar-refractivity contribution in [2.24, 2.45) is 0 Å². The van der Waals surface area contributed by atoms with E-state index in [1.165, 1.54) is 13.2 Å². The van der Waals surface area contributed by atoms with Gasteiger partial charge in [0.15, 0.2) is 17.2 Å². The predicted molar refractivity (Wildman–Crippen MR) is 182 cm³/mol. The maximum atomic E-state index is 13.3. The molecule has 5 aromatic rings. The average molecular weight is 691 g/mol. The fourth-order valence-corrected chi connectivity index (χ4v) is 7.45. The molecule has 0 unspecified atom stereocenters. The fraction of sp³-hybridized carbons (Fsp3) is 0.225. The van der Waals surface area contributed by atoms with Gasteiger partial charge in [0.2, 0.25) is 0 Å². The monoisotopic (exact) mass is 690 g/mol. The molecule has 0 radical (unpaired) electrons. The Labute approximate surface area is 292 Å². The summed E-state index contributed by atoms with van der Waals surface area (Å²) in [5.74, 6) is -3.52. The van der Waals surface area contributed by atoms with Gasteiger partial charge in [-0.1, -0.05) is 60.7 Å². The molecule has 3 heterocycles. The van der Waals surface area contributed by atoms with Crippen LogP contribution in [-0.4, -0.2) is 46.7 Å². The lowest BCUT2D eigenvalue weighted by Crippen LogP contribution is -2.57. The molecule has 0 aromatic heterocycles. The number of carbonyl (C=O) groups is 1. The summed E-state index contributed by atoms with van der Waals surface area (Å²) in [6.45, 7) is 1.70. The van der Waals surface area contributed by atoms with Gasteiger partial charge in [-0.25, -0.2) is 4.79 Å². The highest BCUT2D eigenvalue weighted by atomic mass is 16.7. The molecule has 2 bridgehead atoms. The smallest absolute Gasteiger partial charge is 0.343 e. The van der Waals surface area contributed by atoms with Crippen molar-refractivity contribution in [3.05, 3.63) is 124 Å². The van der Waals surface area contributed by atoms with Crippen molar-refractivity contribution >= 4 is 5.97 Å². The summed E-state index contributed by atoms with van der Waals surface area (Å²) in [7, 11) is 3.07. The zero-order chi connectivity index (χ0) is 35.6. The Kier molecular flexibility index (Phi) is 7.60. The van der Waals surface area contributed by atoms with E-state index in [-0.39, 0.29) is 23.2 Å². The van der Waals surface area contributed by atoms with Gasteiger partial charge in [-0.15, -0.1) is 0 Å². The van der Waals surface area contributed by atoms with Crippen LogP contribution in [0.1, 0.15) is 62.2 Å². The maximum absolute atomic E-state index is 13.3. The Morgan fingerprint density at radius 2 is 1.45 bits per heavy atom. The van der Waals surface area contributed by atoms with Crippen LogP contribution in [0.15, 0.2) is 84.9 Å². The topological polar surface area (TPSA) is 153 Å². The van der Waals surface area contributed by atoms with E-state index >= 15 is 0 Å². The number of esters is 1. The number of rotatable bonds is 6. The standard InChI is InChI=1S/C40H34O11/c1-20-28(49-39(45)22-16-25(41)35(43)26(42)17-22)18-30-32(36(20)47-3)34-33-31(51-40(50-30,38(34)44)23-12-8-5-9-13-23)19-29(46-2)24-14-15-27(48-37(24)33)21-10-6-4-7-11-21/h4-13,16-19,27,34,38,41-44H,14-15H2,1-3H3/t27-,34+,38+,40-/m0/s1. The summed E-state index contributed by atoms with van der Waals surface area (Å²) in [5, 5.41) is 42.3. The van der Waals surface area contributed by atoms with Crippen LogP contribution in [0.25, 0.3) is 0 Å². The minimum Gasteiger partial charge on any atom is -0.504 e. The minimum absolute atomic E-state index is 0.0534. The number of ether oxygens (including phenoxy) is 6. The van der Waals surface area contributed by atoms with Gasteiger partial charge < -0.3 is 48.8 Å². The van der Waals surface area contributed by atoms with E-state index in [9.17, 15) is 25.2 Å². The van der Waals surface area contributed by atoms with E-state index in [4.69, 9.17) is 28.4 Å². The SMILES string of the molecule is COc1cc2c(c3c1CC[C@@H](c1ccccc1)O3)[C@H]1c3c(cc(OC(=O)c4cc(O)c(O)c(O)c4)c(C)c3OC)O[C@@](c3ccccc3)(O2)[C@@H]1O. The zero-order valence-electron chi connectivity index (χ0n) is 27.9. The summed E-state index contributed by atoms with van der Waals surface area (Å²) < 4.78 is 37.9. The normalized spacial score (nSPS) is 21.1. The first-order valence-corrected chi connectivity index (χ1v) is 16.4. The van der Waals surface area contributed by atoms with Crippen molar-refractivity contribution in [2.75, 3.05) is 14.2 Å². The molecule has 0 saturated heterocycles. The second kappa shape index (κ2) is 12.1. The summed E-state index contributed by atoms with van der Waals surface area (Å²) >= 11 is 0. The molecule has 4 N–H and O–H groups in total. The van der Waals surface area contributed by atoms with Crippen LogP contribution in [-0.2, 0) is 12.2 Å². The van der Waals surface area contributed by atoms with E-state index < -0.39 is 41.0 Å². The largest absolute Gasteiger partial charge is 0.504 e. The summed E-state index contributed by atoms with van der Waals surface area (Å²) in [5.41, 5.74) is 3.70. The Morgan fingerprint density at radius 3 is 2.10 bits per heavy atom. The Morgan fingerprint density at radius 1 is 0.824 bits per heavy atom. The second-order valence-electron chi connectivity index (χ2n) is 12.7. The molecule has 260 valence electrons. The number of benzene rings is 5. The van der Waals surface area contributed by atoms with Crippen molar-refractivity contribution in [2.45, 2.75) is 43.7 Å². The second-order valence-corrected chi connectivity index (χ2v) is 12.7. The summed E-state index contributed by atoms with van der Waals surface area (Å²) in [6.07, 6.45) is -0.213. The molecule has 3 aliphatic rings. The van der Waals surface area contributed by atoms with E-state index in [0.717, 1.165) is 23.3 Å². The third-order valence-corrected chi connectivity index (χ3v) is 9.87. The van der Waals surface area contributed by atoms with E-state index in [1.807, 2.05) is 54.6 Å². The van der Waals surface area contributed by atoms with Crippen LogP contribution in [0.4, 0.5) is 0 Å². The number of hydrogen-bond donors (Lipinski definition) is 4. The third kappa shape index (κ3) is 4.95. The van der Waals surface area contributed by atoms with Gasteiger partial charge in [0.25, 0.3) is 0 Å². The molecular weight excluding hydrogens is 656 g/mol. The number of methoxy groups -OCH3 is 2. The van der Waals surface area contributed by atoms with E-state index in [2.05, 4.69) is 0 Å². The highest BCUT2D eigenvalue weighted by molar-refractivity contribution is 5.93. The molecular formula is C40H34O11. The number of phenolic OH excluding ortho intramolecular Hbond substituents is 3. The summed E-state index contributed by atoms with van der Waals surface area (Å²) in [6, 6.07) is 24.3. The number of aliphatic hydroxyl groups is 1. The van der Waals surface area contributed by atoms with Gasteiger partial charge >= 0.3 is 11.8 Å². The molecule has 3 aliphatic heterocycles. The molecule has 4 atom stereocenters. The van der Waals surface area contributed by atoms with Crippen LogP contribution in [0.2, 0.25) is 0 Å². The molecule has 5 aromatic carbocycles. The molecule has 0 aliphatic carbocycles. The van der Waals surface area contributed by atoms with Gasteiger partial charge in [0, 0.05) is 39.9 Å². The predicted octanol–water partition coefficient (Wildman–Crippen LogP) is 6.55. The molecule has 11 heteroatoms. The molecule has 0 spiro atoms. The van der Waals surface area contributed by atoms with E-state index in [0.29, 0.717) is 58.1 Å². The van der Waals surface area contributed by atoms with Gasteiger partial charge in [-0.05, 0) is 37.5 Å². The summed E-state index contributed by atoms with van der Waals surface area (Å²) in [4.78, 5) is 13.3. The number of aliphatic hydroxyl groups excluding tert-OH is 1. The lowest BCUT2D eigenvalue weighted by molar-refractivity contribution is -0.218. The van der Waals surface area contributed by atoms with Crippen LogP contribution >= 0.6 is 0 Å². The first-order chi connectivity index (χ1) is 24.6. The van der Waals surface area contributed by atoms with Crippen LogP contribution in [0.3, 0.4) is 0 Å². The number of fused-ring (bicyclic) bond motifs is 8. The van der Waals surface area contributed by atoms with Crippen molar-refractivity contribution in [3.8, 4) is 51.7 Å². The Balaban J connectivity index is 1.33. The van der Waals surface area contributed by atoms with Crippen LogP contribution in [0.5, 0.6) is 51.7 Å². The first-order valence-electron chi connectivity index (χ1n) is 16.4. The lowest BCUT2D eigenvalue weighted by Gasteiger charge is -2.50. The third-order valence-electron chi connectivity index (χ3n) is 9.87. The highest BCUT2D eigenvalue weighted by Crippen LogP contribution is 2.63. The van der Waals surface area contributed by atoms with Crippen LogP contribution in [0, 0.1) is 6.92 Å². The van der Waals surface area contributed by atoms with Gasteiger partial charge in [0.1, 0.15) is 46.7 Å². The molecule has 0 amide bonds. The van der Waals surface area contributed by atoms with Crippen molar-refractivity contribution in [3.63, 3.8) is 0 Å². The van der Waals surface area contributed by atoms with E-state index in [1.54, 1.807) is 26.2 Å². The van der Waals surface area contributed by atoms with Gasteiger partial charge in [-0.3, -0.25) is 0 Å². The van der Waals surface area contributed by atoms with Crippen molar-refractivity contribution in [1.82, 2.24) is 0 Å². The average Bonchev–Trinajstić information content (AvgIpc) is 3.14. The molecule has 51 heavy (non-hydrogen) atoms. The van der Waals surface area contributed by atoms with Gasteiger partial charge in [0.05, 0.1) is 25.7 Å². The molecule has 11 nitrogen and oxygen atoms in total. The van der Waals surface area contributed by atoms with Crippen molar-refractivity contribution < 1.29 is 53.6 Å². The fourth-order valence-electron chi connectivity index (χ4n) is 7.45. The molecule has 0 fully saturated rings. The maximum Gasteiger partial charge on any atom is 0.343 e. The van der Waals surface area contributed by atoms with Gasteiger partial charge in [-0.2, -0.15) is 0 Å². The molecule has 8 rings (SSSR count). The number of aromatic hydroxyl groups is 3. The Bertz CT molecular complexity index is 2160. The molecule has 0 saturated carbocycles. The minimum atomic E-state index is -1.76. The Hall–Kier alpha value is -6.07. The quantitative estimate of drug-likeness (QED) is 0.0872. The number of phenols is 3. The number of carbonyl (C=O) groups excluding carboxylic acids is 1. The number of hydrogen-bond acceptors (Lipinski definition) is 11. The van der Waals surface area contributed by atoms with Crippen molar-refractivity contribution in [1.29, 1.82) is 0 Å². The first kappa shape index (κ1) is 32.2.